The van der Waals surface area contributed by atoms with Crippen molar-refractivity contribution in [2.24, 2.45) is 0 Å². The van der Waals surface area contributed by atoms with Gasteiger partial charge in [0.15, 0.2) is 0 Å². The third-order valence-corrected chi connectivity index (χ3v) is 2.65. The molecule has 6 nitrogen and oxygen atoms in total. The normalized spacial score (nSPS) is 10.4. The van der Waals surface area contributed by atoms with E-state index in [-0.39, 0.29) is 6.42 Å². The first-order valence-corrected chi connectivity index (χ1v) is 6.46. The molecule has 0 radical (unpaired) electrons. The van der Waals surface area contributed by atoms with Gasteiger partial charge in [-0.25, -0.2) is 0 Å². The highest BCUT2D eigenvalue weighted by Crippen LogP contribution is 2.21. The average Bonchev–Trinajstić information content (AvgIpc) is 2.88. The van der Waals surface area contributed by atoms with E-state index in [1.54, 1.807) is 0 Å². The fourth-order valence-electron chi connectivity index (χ4n) is 1.76. The first kappa shape index (κ1) is 14.0. The van der Waals surface area contributed by atoms with Crippen molar-refractivity contribution in [1.82, 2.24) is 10.1 Å². The van der Waals surface area contributed by atoms with E-state index in [0.717, 1.165) is 11.3 Å². The molecule has 1 aromatic heterocycles. The Morgan fingerprint density at radius 3 is 3.05 bits per heavy atom. The van der Waals surface area contributed by atoms with Gasteiger partial charge in [-0.2, -0.15) is 4.98 Å². The van der Waals surface area contributed by atoms with E-state index in [9.17, 15) is 4.79 Å². The smallest absolute Gasteiger partial charge is 0.303 e. The summed E-state index contributed by atoms with van der Waals surface area (Å²) in [7, 11) is 0. The monoisotopic (exact) mass is 276 g/mol. The molecule has 106 valence electrons. The lowest BCUT2D eigenvalue weighted by atomic mass is 10.2. The van der Waals surface area contributed by atoms with E-state index in [1.165, 1.54) is 0 Å². The van der Waals surface area contributed by atoms with E-state index in [1.807, 2.05) is 31.2 Å². The first-order chi connectivity index (χ1) is 9.69. The van der Waals surface area contributed by atoms with Gasteiger partial charge in [-0.05, 0) is 25.5 Å². The highest BCUT2D eigenvalue weighted by Gasteiger charge is 2.10. The van der Waals surface area contributed by atoms with Crippen LogP contribution in [-0.2, 0) is 11.2 Å². The van der Waals surface area contributed by atoms with Crippen molar-refractivity contribution in [3.05, 3.63) is 30.2 Å². The molecule has 20 heavy (non-hydrogen) atoms. The minimum absolute atomic E-state index is 0.0948. The minimum Gasteiger partial charge on any atom is -0.494 e. The number of carboxylic acids is 1. The topological polar surface area (TPSA) is 85.5 Å². The summed E-state index contributed by atoms with van der Waals surface area (Å²) in [5.74, 6) is 0.858. The third-order valence-electron chi connectivity index (χ3n) is 2.65. The number of ether oxygens (including phenoxy) is 1. The minimum atomic E-state index is -0.825. The molecule has 0 saturated carbocycles. The van der Waals surface area contributed by atoms with Crippen LogP contribution in [0.4, 0.5) is 0 Å². The van der Waals surface area contributed by atoms with Crippen molar-refractivity contribution in [2.45, 2.75) is 26.2 Å². The number of carboxylic acid groups (broad SMARTS) is 1. The lowest BCUT2D eigenvalue weighted by molar-refractivity contribution is -0.137. The molecule has 0 aliphatic carbocycles. The van der Waals surface area contributed by atoms with Gasteiger partial charge < -0.3 is 14.4 Å². The van der Waals surface area contributed by atoms with Crippen LogP contribution in [0.3, 0.4) is 0 Å². The molecule has 0 amide bonds. The van der Waals surface area contributed by atoms with Gasteiger partial charge >= 0.3 is 5.97 Å². The molecule has 2 aromatic rings. The summed E-state index contributed by atoms with van der Waals surface area (Å²) in [6, 6.07) is 7.44. The van der Waals surface area contributed by atoms with Crippen LogP contribution in [-0.4, -0.2) is 27.8 Å². The molecule has 0 fully saturated rings. The second-order valence-corrected chi connectivity index (χ2v) is 4.22. The maximum atomic E-state index is 10.4. The Morgan fingerprint density at radius 2 is 2.30 bits per heavy atom. The Bertz CT molecular complexity index is 580. The van der Waals surface area contributed by atoms with Gasteiger partial charge in [-0.1, -0.05) is 17.3 Å². The number of hydrogen-bond acceptors (Lipinski definition) is 5. The van der Waals surface area contributed by atoms with Crippen LogP contribution in [0.25, 0.3) is 11.4 Å². The number of aryl methyl sites for hydroxylation is 1. The van der Waals surface area contributed by atoms with Gasteiger partial charge in [0.1, 0.15) is 5.75 Å². The summed E-state index contributed by atoms with van der Waals surface area (Å²) in [5.41, 5.74) is 0.809. The molecule has 0 saturated heterocycles. The molecule has 0 unspecified atom stereocenters. The van der Waals surface area contributed by atoms with Crippen LogP contribution in [0, 0.1) is 0 Å². The lowest BCUT2D eigenvalue weighted by Crippen LogP contribution is -1.96. The second kappa shape index (κ2) is 6.70. The number of benzene rings is 1. The fraction of sp³-hybridized carbons (Fsp3) is 0.357. The van der Waals surface area contributed by atoms with Crippen LogP contribution >= 0.6 is 0 Å². The summed E-state index contributed by atoms with van der Waals surface area (Å²) in [6.45, 7) is 2.51. The van der Waals surface area contributed by atoms with Gasteiger partial charge in [0.05, 0.1) is 6.61 Å². The highest BCUT2D eigenvalue weighted by molar-refractivity contribution is 5.66. The standard InChI is InChI=1S/C14H16N2O4/c1-2-19-11-6-3-5-10(9-11)14-15-12(20-16-14)7-4-8-13(17)18/h3,5-6,9H,2,4,7-8H2,1H3,(H,17,18). The number of aromatic nitrogens is 2. The predicted octanol–water partition coefficient (Wildman–Crippen LogP) is 2.54. The molecule has 1 heterocycles. The summed E-state index contributed by atoms with van der Waals surface area (Å²) >= 11 is 0. The Labute approximate surface area is 116 Å². The lowest BCUT2D eigenvalue weighted by Gasteiger charge is -2.02. The van der Waals surface area contributed by atoms with Gasteiger partial charge in [-0.3, -0.25) is 4.79 Å². The van der Waals surface area contributed by atoms with E-state index in [2.05, 4.69) is 10.1 Å². The largest absolute Gasteiger partial charge is 0.494 e. The number of carbonyl (C=O) groups is 1. The zero-order valence-electron chi connectivity index (χ0n) is 11.2. The van der Waals surface area contributed by atoms with Crippen molar-refractivity contribution >= 4 is 5.97 Å². The van der Waals surface area contributed by atoms with Crippen molar-refractivity contribution < 1.29 is 19.2 Å². The van der Waals surface area contributed by atoms with Crippen LogP contribution < -0.4 is 4.74 Å². The molecule has 0 atom stereocenters. The number of hydrogen-bond donors (Lipinski definition) is 1. The molecule has 1 N–H and O–H groups in total. The molecular weight excluding hydrogens is 260 g/mol. The molecular formula is C14H16N2O4. The van der Waals surface area contributed by atoms with Crippen molar-refractivity contribution in [1.29, 1.82) is 0 Å². The Hall–Kier alpha value is -2.37. The van der Waals surface area contributed by atoms with Crippen molar-refractivity contribution in [2.75, 3.05) is 6.61 Å². The van der Waals surface area contributed by atoms with E-state index < -0.39 is 5.97 Å². The summed E-state index contributed by atoms with van der Waals surface area (Å²) in [6.07, 6.45) is 1.04. The van der Waals surface area contributed by atoms with E-state index in [4.69, 9.17) is 14.4 Å². The van der Waals surface area contributed by atoms with Crippen LogP contribution in [0.2, 0.25) is 0 Å². The van der Waals surface area contributed by atoms with Gasteiger partial charge in [0, 0.05) is 18.4 Å². The highest BCUT2D eigenvalue weighted by atomic mass is 16.5. The Balaban J connectivity index is 2.04. The molecule has 1 aromatic carbocycles. The van der Waals surface area contributed by atoms with Gasteiger partial charge in [0.25, 0.3) is 0 Å². The molecule has 0 bridgehead atoms. The van der Waals surface area contributed by atoms with Crippen LogP contribution in [0.5, 0.6) is 5.75 Å². The fourth-order valence-corrected chi connectivity index (χ4v) is 1.76. The molecule has 0 aliphatic rings. The second-order valence-electron chi connectivity index (χ2n) is 4.22. The summed E-state index contributed by atoms with van der Waals surface area (Å²) in [5, 5.41) is 12.5. The van der Waals surface area contributed by atoms with Crippen molar-refractivity contribution in [3.63, 3.8) is 0 Å². The van der Waals surface area contributed by atoms with Crippen molar-refractivity contribution in [3.8, 4) is 17.1 Å². The number of aliphatic carboxylic acids is 1. The number of rotatable bonds is 7. The van der Waals surface area contributed by atoms with Crippen LogP contribution in [0.15, 0.2) is 28.8 Å². The molecule has 6 heteroatoms. The van der Waals surface area contributed by atoms with E-state index in [0.29, 0.717) is 31.2 Å². The quantitative estimate of drug-likeness (QED) is 0.836. The van der Waals surface area contributed by atoms with Gasteiger partial charge in [-0.15, -0.1) is 0 Å². The predicted molar refractivity (Wildman–Crippen MR) is 71.5 cm³/mol. The van der Waals surface area contributed by atoms with Crippen LogP contribution in [0.1, 0.15) is 25.7 Å². The zero-order valence-corrected chi connectivity index (χ0v) is 11.2. The Kier molecular flexibility index (Phi) is 4.70. The zero-order chi connectivity index (χ0) is 14.4. The Morgan fingerprint density at radius 1 is 1.45 bits per heavy atom. The molecule has 2 rings (SSSR count). The van der Waals surface area contributed by atoms with E-state index >= 15 is 0 Å². The average molecular weight is 276 g/mol. The SMILES string of the molecule is CCOc1cccc(-c2noc(CCCC(=O)O)n2)c1. The maximum Gasteiger partial charge on any atom is 0.303 e. The summed E-state index contributed by atoms with van der Waals surface area (Å²) in [4.78, 5) is 14.7. The third kappa shape index (κ3) is 3.81. The first-order valence-electron chi connectivity index (χ1n) is 6.46. The molecule has 0 aliphatic heterocycles. The van der Waals surface area contributed by atoms with Gasteiger partial charge in [0.2, 0.25) is 11.7 Å². The summed E-state index contributed by atoms with van der Waals surface area (Å²) < 4.78 is 10.5. The number of nitrogens with zero attached hydrogens (tertiary/aromatic N) is 2. The maximum absolute atomic E-state index is 10.4. The molecule has 0 spiro atoms.